The van der Waals surface area contributed by atoms with E-state index in [2.05, 4.69) is 19.9 Å². The largest absolute Gasteiger partial charge is 0.462 e. The average molecular weight is 313 g/mol. The van der Waals surface area contributed by atoms with Crippen molar-refractivity contribution in [2.45, 2.75) is 38.9 Å². The molecule has 1 aliphatic carbocycles. The smallest absolute Gasteiger partial charge is 0.213 e. The first kappa shape index (κ1) is 15.7. The standard InChI is InChI=1S/C19H23NO3/c1-4-19(21-3)12-13(2)17-10-9-16(11-18(17)23-19)22-15-7-5-14(20)6-8-15/h5-9,11H,4,10,12,20H2,1-3H3. The van der Waals surface area contributed by atoms with Crippen LogP contribution in [0.25, 0.3) is 0 Å². The zero-order valence-electron chi connectivity index (χ0n) is 13.9. The molecule has 2 N–H and O–H groups in total. The van der Waals surface area contributed by atoms with E-state index in [-0.39, 0.29) is 0 Å². The number of methoxy groups -OCH3 is 1. The van der Waals surface area contributed by atoms with Crippen molar-refractivity contribution in [1.82, 2.24) is 0 Å². The fourth-order valence-electron chi connectivity index (χ4n) is 3.00. The van der Waals surface area contributed by atoms with E-state index in [4.69, 9.17) is 19.9 Å². The van der Waals surface area contributed by atoms with Crippen LogP contribution in [0.3, 0.4) is 0 Å². The van der Waals surface area contributed by atoms with E-state index >= 15 is 0 Å². The van der Waals surface area contributed by atoms with Gasteiger partial charge in [-0.1, -0.05) is 12.5 Å². The average Bonchev–Trinajstić information content (AvgIpc) is 2.56. The highest BCUT2D eigenvalue weighted by Gasteiger charge is 2.37. The van der Waals surface area contributed by atoms with E-state index in [1.54, 1.807) is 7.11 Å². The maximum absolute atomic E-state index is 6.17. The molecule has 0 fully saturated rings. The molecule has 1 aromatic carbocycles. The predicted molar refractivity (Wildman–Crippen MR) is 90.7 cm³/mol. The number of nitrogen functional groups attached to an aromatic ring is 1. The van der Waals surface area contributed by atoms with Crippen LogP contribution in [0.2, 0.25) is 0 Å². The molecule has 1 unspecified atom stereocenters. The molecule has 0 amide bonds. The number of hydrogen-bond donors (Lipinski definition) is 1. The molecule has 0 spiro atoms. The van der Waals surface area contributed by atoms with Gasteiger partial charge in [-0.25, -0.2) is 0 Å². The van der Waals surface area contributed by atoms with Crippen molar-refractivity contribution in [1.29, 1.82) is 0 Å². The molecular formula is C19H23NO3. The second kappa shape index (κ2) is 6.13. The zero-order chi connectivity index (χ0) is 16.4. The summed E-state index contributed by atoms with van der Waals surface area (Å²) in [5.41, 5.74) is 8.97. The number of benzene rings is 1. The van der Waals surface area contributed by atoms with Crippen molar-refractivity contribution < 1.29 is 14.2 Å². The Morgan fingerprint density at radius 2 is 2.00 bits per heavy atom. The fraction of sp³-hybridized carbons (Fsp3) is 0.368. The lowest BCUT2D eigenvalue weighted by Crippen LogP contribution is -2.38. The number of ether oxygens (including phenoxy) is 3. The maximum Gasteiger partial charge on any atom is 0.213 e. The molecule has 1 aromatic rings. The van der Waals surface area contributed by atoms with Gasteiger partial charge in [-0.05, 0) is 49.3 Å². The van der Waals surface area contributed by atoms with Gasteiger partial charge in [0.1, 0.15) is 17.3 Å². The molecular weight excluding hydrogens is 290 g/mol. The van der Waals surface area contributed by atoms with Gasteiger partial charge in [-0.15, -0.1) is 0 Å². The summed E-state index contributed by atoms with van der Waals surface area (Å²) in [6, 6.07) is 7.37. The second-order valence-electron chi connectivity index (χ2n) is 6.00. The van der Waals surface area contributed by atoms with E-state index in [9.17, 15) is 0 Å². The number of hydrogen-bond acceptors (Lipinski definition) is 4. The molecule has 0 bridgehead atoms. The number of rotatable bonds is 4. The van der Waals surface area contributed by atoms with E-state index in [0.29, 0.717) is 0 Å². The van der Waals surface area contributed by atoms with Crippen molar-refractivity contribution in [3.63, 3.8) is 0 Å². The minimum Gasteiger partial charge on any atom is -0.462 e. The van der Waals surface area contributed by atoms with Crippen molar-refractivity contribution in [3.05, 3.63) is 59.1 Å². The summed E-state index contributed by atoms with van der Waals surface area (Å²) < 4.78 is 17.7. The minimum atomic E-state index is -0.566. The van der Waals surface area contributed by atoms with E-state index in [1.165, 1.54) is 11.1 Å². The first-order chi connectivity index (χ1) is 11.0. The Kier molecular flexibility index (Phi) is 4.18. The number of fused-ring (bicyclic) bond motifs is 1. The molecule has 0 aromatic heterocycles. The van der Waals surface area contributed by atoms with E-state index < -0.39 is 5.79 Å². The Hall–Kier alpha value is -2.20. The normalized spacial score (nSPS) is 23.6. The van der Waals surface area contributed by atoms with Crippen LogP contribution in [0.1, 0.15) is 33.1 Å². The third kappa shape index (κ3) is 3.13. The van der Waals surface area contributed by atoms with Gasteiger partial charge in [0, 0.05) is 31.7 Å². The molecule has 4 heteroatoms. The summed E-state index contributed by atoms with van der Waals surface area (Å²) in [5, 5.41) is 0. The zero-order valence-corrected chi connectivity index (χ0v) is 13.9. The monoisotopic (exact) mass is 313 g/mol. The van der Waals surface area contributed by atoms with Crippen LogP contribution < -0.4 is 10.5 Å². The molecule has 1 atom stereocenters. The lowest BCUT2D eigenvalue weighted by Gasteiger charge is -2.39. The van der Waals surface area contributed by atoms with Gasteiger partial charge in [0.05, 0.1) is 0 Å². The van der Waals surface area contributed by atoms with Crippen molar-refractivity contribution in [3.8, 4) is 5.75 Å². The van der Waals surface area contributed by atoms with Crippen LogP contribution in [0.15, 0.2) is 59.1 Å². The van der Waals surface area contributed by atoms with Gasteiger partial charge in [0.2, 0.25) is 5.79 Å². The third-order valence-corrected chi connectivity index (χ3v) is 4.45. The van der Waals surface area contributed by atoms with Gasteiger partial charge >= 0.3 is 0 Å². The molecule has 0 saturated heterocycles. The number of anilines is 1. The summed E-state index contributed by atoms with van der Waals surface area (Å²) in [7, 11) is 1.70. The Morgan fingerprint density at radius 3 is 2.65 bits per heavy atom. The van der Waals surface area contributed by atoms with Crippen LogP contribution in [0.5, 0.6) is 5.75 Å². The van der Waals surface area contributed by atoms with Crippen molar-refractivity contribution in [2.24, 2.45) is 0 Å². The molecule has 4 nitrogen and oxygen atoms in total. The lowest BCUT2D eigenvalue weighted by atomic mass is 9.90. The summed E-state index contributed by atoms with van der Waals surface area (Å²) in [6.45, 7) is 4.22. The molecule has 1 aliphatic heterocycles. The van der Waals surface area contributed by atoms with Crippen molar-refractivity contribution in [2.75, 3.05) is 12.8 Å². The van der Waals surface area contributed by atoms with Crippen LogP contribution in [-0.4, -0.2) is 12.9 Å². The number of nitrogens with two attached hydrogens (primary N) is 1. The molecule has 122 valence electrons. The van der Waals surface area contributed by atoms with Crippen LogP contribution in [0, 0.1) is 0 Å². The molecule has 23 heavy (non-hydrogen) atoms. The Labute approximate surface area is 137 Å². The van der Waals surface area contributed by atoms with Crippen molar-refractivity contribution >= 4 is 5.69 Å². The molecule has 0 saturated carbocycles. The Morgan fingerprint density at radius 1 is 1.26 bits per heavy atom. The van der Waals surface area contributed by atoms with E-state index in [1.807, 2.05) is 30.3 Å². The summed E-state index contributed by atoms with van der Waals surface area (Å²) in [5.74, 6) is 1.83. The molecule has 0 radical (unpaired) electrons. The molecule has 1 heterocycles. The second-order valence-corrected chi connectivity index (χ2v) is 6.00. The number of allylic oxidation sites excluding steroid dienone is 3. The van der Waals surface area contributed by atoms with Crippen LogP contribution >= 0.6 is 0 Å². The van der Waals surface area contributed by atoms with Gasteiger partial charge < -0.3 is 19.9 Å². The van der Waals surface area contributed by atoms with Gasteiger partial charge in [0.15, 0.2) is 0 Å². The van der Waals surface area contributed by atoms with Crippen LogP contribution in [0.4, 0.5) is 5.69 Å². The van der Waals surface area contributed by atoms with Crippen LogP contribution in [-0.2, 0) is 9.47 Å². The molecule has 2 aliphatic rings. The van der Waals surface area contributed by atoms with Gasteiger partial charge in [-0.3, -0.25) is 0 Å². The highest BCUT2D eigenvalue weighted by molar-refractivity contribution is 5.46. The lowest BCUT2D eigenvalue weighted by molar-refractivity contribution is -0.203. The Bertz CT molecular complexity index is 679. The van der Waals surface area contributed by atoms with Gasteiger partial charge in [-0.2, -0.15) is 0 Å². The minimum absolute atomic E-state index is 0.566. The highest BCUT2D eigenvalue weighted by atomic mass is 16.7. The highest BCUT2D eigenvalue weighted by Crippen LogP contribution is 2.41. The first-order valence-electron chi connectivity index (χ1n) is 7.93. The first-order valence-corrected chi connectivity index (χ1v) is 7.93. The SMILES string of the molecule is CCC1(OC)CC(C)=C2CC=C(Oc3ccc(N)cc3)C=C2O1. The van der Waals surface area contributed by atoms with Gasteiger partial charge in [0.25, 0.3) is 0 Å². The predicted octanol–water partition coefficient (Wildman–Crippen LogP) is 4.31. The summed E-state index contributed by atoms with van der Waals surface area (Å²) in [4.78, 5) is 0. The van der Waals surface area contributed by atoms with E-state index in [0.717, 1.165) is 42.2 Å². The third-order valence-electron chi connectivity index (χ3n) is 4.45. The summed E-state index contributed by atoms with van der Waals surface area (Å²) in [6.07, 6.45) is 6.43. The Balaban J connectivity index is 1.84. The quantitative estimate of drug-likeness (QED) is 0.842. The maximum atomic E-state index is 6.17. The fourth-order valence-corrected chi connectivity index (χ4v) is 3.00. The summed E-state index contributed by atoms with van der Waals surface area (Å²) >= 11 is 0. The topological polar surface area (TPSA) is 53.7 Å². The molecule has 3 rings (SSSR count).